The number of nitrogens with one attached hydrogen (secondary N) is 1. The molecule has 0 amide bonds. The van der Waals surface area contributed by atoms with Gasteiger partial charge in [-0.15, -0.1) is 0 Å². The minimum absolute atomic E-state index is 0.0462. The number of hydrogen-bond donors (Lipinski definition) is 2. The fraction of sp³-hybridized carbons (Fsp3) is 1.00. The highest BCUT2D eigenvalue weighted by Gasteiger charge is 2.41. The minimum atomic E-state index is -0.0462. The molecule has 0 aromatic rings. The van der Waals surface area contributed by atoms with Gasteiger partial charge in [-0.1, -0.05) is 0 Å². The lowest BCUT2D eigenvalue weighted by atomic mass is 9.98. The van der Waals surface area contributed by atoms with Crippen LogP contribution in [0.5, 0.6) is 0 Å². The van der Waals surface area contributed by atoms with Crippen LogP contribution in [-0.4, -0.2) is 60.5 Å². The lowest BCUT2D eigenvalue weighted by molar-refractivity contribution is -0.0804. The topological polar surface area (TPSA) is 44.7 Å². The Labute approximate surface area is 104 Å². The van der Waals surface area contributed by atoms with E-state index in [1.165, 1.54) is 6.42 Å². The highest BCUT2D eigenvalue weighted by atomic mass is 16.5. The van der Waals surface area contributed by atoms with Gasteiger partial charge in [-0.3, -0.25) is 4.90 Å². The zero-order valence-electron chi connectivity index (χ0n) is 11.3. The number of aliphatic hydroxyl groups is 1. The number of rotatable bonds is 3. The quantitative estimate of drug-likeness (QED) is 0.761. The first-order valence-corrected chi connectivity index (χ1v) is 6.78. The van der Waals surface area contributed by atoms with Gasteiger partial charge in [0, 0.05) is 24.7 Å². The fourth-order valence-electron chi connectivity index (χ4n) is 3.38. The van der Waals surface area contributed by atoms with E-state index in [2.05, 4.69) is 24.1 Å². The van der Waals surface area contributed by atoms with Crippen molar-refractivity contribution in [2.75, 3.05) is 26.7 Å². The van der Waals surface area contributed by atoms with Crippen molar-refractivity contribution in [2.45, 2.75) is 56.9 Å². The van der Waals surface area contributed by atoms with Crippen molar-refractivity contribution < 1.29 is 9.84 Å². The van der Waals surface area contributed by atoms with Crippen molar-refractivity contribution in [3.63, 3.8) is 0 Å². The number of nitrogens with zero attached hydrogens (tertiary/aromatic N) is 1. The maximum Gasteiger partial charge on any atom is 0.0678 e. The molecule has 2 rings (SSSR count). The number of ether oxygens (including phenoxy) is 1. The van der Waals surface area contributed by atoms with Gasteiger partial charge in [0.25, 0.3) is 0 Å². The second kappa shape index (κ2) is 5.22. The molecular weight excluding hydrogens is 216 g/mol. The molecule has 0 aromatic carbocycles. The summed E-state index contributed by atoms with van der Waals surface area (Å²) in [5.74, 6) is 0. The molecule has 0 bridgehead atoms. The predicted octanol–water partition coefficient (Wildman–Crippen LogP) is 0.599. The van der Waals surface area contributed by atoms with E-state index in [0.29, 0.717) is 18.2 Å². The number of aliphatic hydroxyl groups excluding tert-OH is 1. The normalized spacial score (nSPS) is 44.1. The van der Waals surface area contributed by atoms with Crippen molar-refractivity contribution in [1.82, 2.24) is 10.2 Å². The molecule has 0 spiro atoms. The predicted molar refractivity (Wildman–Crippen MR) is 68.1 cm³/mol. The Morgan fingerprint density at radius 1 is 1.35 bits per heavy atom. The molecule has 1 aliphatic heterocycles. The van der Waals surface area contributed by atoms with Crippen LogP contribution < -0.4 is 5.32 Å². The van der Waals surface area contributed by atoms with Crippen LogP contribution in [0, 0.1) is 0 Å². The van der Waals surface area contributed by atoms with Crippen molar-refractivity contribution >= 4 is 0 Å². The largest absolute Gasteiger partial charge is 0.394 e. The molecule has 100 valence electrons. The summed E-state index contributed by atoms with van der Waals surface area (Å²) in [5, 5.41) is 12.8. The Kier molecular flexibility index (Phi) is 4.08. The van der Waals surface area contributed by atoms with Crippen molar-refractivity contribution in [3.8, 4) is 0 Å². The zero-order chi connectivity index (χ0) is 12.5. The van der Waals surface area contributed by atoms with Crippen molar-refractivity contribution in [2.24, 2.45) is 0 Å². The standard InChI is InChI=1S/C13H26N2O2/c1-10-7-15(8-11(2)17-10)12-4-5-13(6-12,9-16)14-3/h10-12,14,16H,4-9H2,1-3H3. The summed E-state index contributed by atoms with van der Waals surface area (Å²) in [6.45, 7) is 6.60. The summed E-state index contributed by atoms with van der Waals surface area (Å²) < 4.78 is 5.77. The molecule has 1 heterocycles. The zero-order valence-corrected chi connectivity index (χ0v) is 11.3. The lowest BCUT2D eigenvalue weighted by Gasteiger charge is -2.39. The molecule has 4 unspecified atom stereocenters. The molecule has 1 aliphatic carbocycles. The smallest absolute Gasteiger partial charge is 0.0678 e. The summed E-state index contributed by atoms with van der Waals surface area (Å²) in [6, 6.07) is 0.600. The molecule has 17 heavy (non-hydrogen) atoms. The molecule has 4 nitrogen and oxygen atoms in total. The summed E-state index contributed by atoms with van der Waals surface area (Å²) >= 11 is 0. The second-order valence-corrected chi connectivity index (χ2v) is 5.80. The monoisotopic (exact) mass is 242 g/mol. The van der Waals surface area contributed by atoms with E-state index in [0.717, 1.165) is 25.9 Å². The van der Waals surface area contributed by atoms with E-state index >= 15 is 0 Å². The van der Waals surface area contributed by atoms with Gasteiger partial charge in [0.2, 0.25) is 0 Å². The van der Waals surface area contributed by atoms with Gasteiger partial charge in [0.05, 0.1) is 18.8 Å². The van der Waals surface area contributed by atoms with Gasteiger partial charge in [-0.25, -0.2) is 0 Å². The van der Waals surface area contributed by atoms with Gasteiger partial charge >= 0.3 is 0 Å². The van der Waals surface area contributed by atoms with E-state index in [1.54, 1.807) is 0 Å². The maximum absolute atomic E-state index is 9.53. The molecule has 4 atom stereocenters. The van der Waals surface area contributed by atoms with Gasteiger partial charge in [0.15, 0.2) is 0 Å². The molecule has 0 aromatic heterocycles. The highest BCUT2D eigenvalue weighted by molar-refractivity contribution is 4.99. The minimum Gasteiger partial charge on any atom is -0.394 e. The lowest BCUT2D eigenvalue weighted by Crippen LogP contribution is -2.51. The molecular formula is C13H26N2O2. The van der Waals surface area contributed by atoms with Crippen LogP contribution in [0.1, 0.15) is 33.1 Å². The van der Waals surface area contributed by atoms with Gasteiger partial charge in [-0.2, -0.15) is 0 Å². The Morgan fingerprint density at radius 2 is 2.00 bits per heavy atom. The average molecular weight is 242 g/mol. The molecule has 2 fully saturated rings. The third-order valence-electron chi connectivity index (χ3n) is 4.38. The van der Waals surface area contributed by atoms with Gasteiger partial charge in [0.1, 0.15) is 0 Å². The maximum atomic E-state index is 9.53. The van der Waals surface area contributed by atoms with Gasteiger partial charge < -0.3 is 15.2 Å². The molecule has 1 saturated heterocycles. The number of hydrogen-bond acceptors (Lipinski definition) is 4. The first kappa shape index (κ1) is 13.3. The van der Waals surface area contributed by atoms with Crippen molar-refractivity contribution in [1.29, 1.82) is 0 Å². The Morgan fingerprint density at radius 3 is 2.47 bits per heavy atom. The summed E-state index contributed by atoms with van der Waals surface area (Å²) in [7, 11) is 1.96. The first-order chi connectivity index (χ1) is 8.08. The van der Waals surface area contributed by atoms with Crippen LogP contribution >= 0.6 is 0 Å². The Bertz CT molecular complexity index is 246. The SMILES string of the molecule is CNC1(CO)CCC(N2CC(C)OC(C)C2)C1. The molecule has 0 radical (unpaired) electrons. The van der Waals surface area contributed by atoms with Crippen LogP contribution in [0.25, 0.3) is 0 Å². The highest BCUT2D eigenvalue weighted by Crippen LogP contribution is 2.33. The third-order valence-corrected chi connectivity index (χ3v) is 4.38. The Hall–Kier alpha value is -0.160. The van der Waals surface area contributed by atoms with E-state index in [-0.39, 0.29) is 12.1 Å². The van der Waals surface area contributed by atoms with Crippen LogP contribution in [0.2, 0.25) is 0 Å². The van der Waals surface area contributed by atoms with Crippen LogP contribution in [0.15, 0.2) is 0 Å². The Balaban J connectivity index is 1.95. The van der Waals surface area contributed by atoms with E-state index in [4.69, 9.17) is 4.74 Å². The van der Waals surface area contributed by atoms with E-state index in [9.17, 15) is 5.11 Å². The van der Waals surface area contributed by atoms with E-state index in [1.807, 2.05) is 7.05 Å². The summed E-state index contributed by atoms with van der Waals surface area (Å²) in [6.07, 6.45) is 3.97. The van der Waals surface area contributed by atoms with Crippen LogP contribution in [-0.2, 0) is 4.74 Å². The molecule has 4 heteroatoms. The second-order valence-electron chi connectivity index (χ2n) is 5.80. The number of morpholine rings is 1. The van der Waals surface area contributed by atoms with Crippen LogP contribution in [0.4, 0.5) is 0 Å². The fourth-order valence-corrected chi connectivity index (χ4v) is 3.38. The van der Waals surface area contributed by atoms with Crippen molar-refractivity contribution in [3.05, 3.63) is 0 Å². The summed E-state index contributed by atoms with van der Waals surface area (Å²) in [4.78, 5) is 2.55. The van der Waals surface area contributed by atoms with Crippen LogP contribution in [0.3, 0.4) is 0 Å². The number of likely N-dealkylation sites (N-methyl/N-ethyl adjacent to an activating group) is 1. The molecule has 2 N–H and O–H groups in total. The average Bonchev–Trinajstić information content (AvgIpc) is 2.73. The van der Waals surface area contributed by atoms with E-state index < -0.39 is 0 Å². The molecule has 2 aliphatic rings. The third kappa shape index (κ3) is 2.81. The molecule has 1 saturated carbocycles. The van der Waals surface area contributed by atoms with Gasteiger partial charge in [-0.05, 0) is 40.2 Å². The summed E-state index contributed by atoms with van der Waals surface area (Å²) in [5.41, 5.74) is -0.0462. The first-order valence-electron chi connectivity index (χ1n) is 6.78.